The molecule has 0 radical (unpaired) electrons. The second kappa shape index (κ2) is 6.40. The summed E-state index contributed by atoms with van der Waals surface area (Å²) in [4.78, 5) is 47.5. The normalized spacial score (nSPS) is 17.2. The summed E-state index contributed by atoms with van der Waals surface area (Å²) in [6.07, 6.45) is 5.24. The maximum absolute atomic E-state index is 12.4. The SMILES string of the molecule is CC(=O)CCCSc1nc(C2CC2)nc2c1c(=O)[nH]c(=O)n2C1CC1. The first-order chi connectivity index (χ1) is 12.0. The second-order valence-electron chi connectivity index (χ2n) is 6.87. The smallest absolute Gasteiger partial charge is 0.300 e. The van der Waals surface area contributed by atoms with Gasteiger partial charge in [-0.3, -0.25) is 14.3 Å². The Balaban J connectivity index is 1.79. The van der Waals surface area contributed by atoms with Crippen molar-refractivity contribution in [2.24, 2.45) is 0 Å². The van der Waals surface area contributed by atoms with Gasteiger partial charge in [0.05, 0.1) is 0 Å². The van der Waals surface area contributed by atoms with Crippen molar-refractivity contribution in [3.63, 3.8) is 0 Å². The van der Waals surface area contributed by atoms with Crippen LogP contribution in [-0.4, -0.2) is 31.1 Å². The average molecular weight is 360 g/mol. The highest BCUT2D eigenvalue weighted by Crippen LogP contribution is 2.40. The Morgan fingerprint density at radius 1 is 1.24 bits per heavy atom. The fourth-order valence-corrected chi connectivity index (χ4v) is 3.89. The first kappa shape index (κ1) is 16.5. The average Bonchev–Trinajstić information content (AvgIpc) is 3.44. The minimum atomic E-state index is -0.423. The van der Waals surface area contributed by atoms with E-state index in [1.165, 1.54) is 11.8 Å². The van der Waals surface area contributed by atoms with Crippen LogP contribution in [0.25, 0.3) is 11.0 Å². The van der Waals surface area contributed by atoms with Crippen molar-refractivity contribution in [3.05, 3.63) is 26.7 Å². The Hall–Kier alpha value is -1.96. The third kappa shape index (κ3) is 3.40. The summed E-state index contributed by atoms with van der Waals surface area (Å²) < 4.78 is 1.63. The van der Waals surface area contributed by atoms with Gasteiger partial charge in [0.15, 0.2) is 5.65 Å². The number of rotatable bonds is 7. The van der Waals surface area contributed by atoms with Gasteiger partial charge in [0.2, 0.25) is 0 Å². The van der Waals surface area contributed by atoms with Gasteiger partial charge in [0.1, 0.15) is 22.0 Å². The van der Waals surface area contributed by atoms with Crippen LogP contribution in [0, 0.1) is 0 Å². The standard InChI is InChI=1S/C17H20N4O3S/c1-9(22)3-2-8-25-16-12-14(18-13(19-16)10-4-5-10)21(11-6-7-11)17(24)20-15(12)23/h10-11H,2-8H2,1H3,(H,20,23,24). The number of hydrogen-bond donors (Lipinski definition) is 1. The lowest BCUT2D eigenvalue weighted by Crippen LogP contribution is -2.31. The molecule has 2 aromatic heterocycles. The van der Waals surface area contributed by atoms with Crippen molar-refractivity contribution in [3.8, 4) is 0 Å². The number of aromatic amines is 1. The van der Waals surface area contributed by atoms with Gasteiger partial charge in [0, 0.05) is 18.4 Å². The maximum atomic E-state index is 12.4. The van der Waals surface area contributed by atoms with E-state index in [2.05, 4.69) is 15.0 Å². The van der Waals surface area contributed by atoms with Gasteiger partial charge >= 0.3 is 5.69 Å². The summed E-state index contributed by atoms with van der Waals surface area (Å²) in [5, 5.41) is 1.04. The Labute approximate surface area is 148 Å². The van der Waals surface area contributed by atoms with Crippen LogP contribution in [0.15, 0.2) is 14.6 Å². The lowest BCUT2D eigenvalue weighted by molar-refractivity contribution is -0.117. The highest BCUT2D eigenvalue weighted by atomic mass is 32.2. The zero-order valence-corrected chi connectivity index (χ0v) is 14.9. The van der Waals surface area contributed by atoms with E-state index in [4.69, 9.17) is 0 Å². The number of nitrogens with zero attached hydrogens (tertiary/aromatic N) is 3. The minimum absolute atomic E-state index is 0.129. The number of nitrogens with one attached hydrogen (secondary N) is 1. The topological polar surface area (TPSA) is 97.7 Å². The summed E-state index contributed by atoms with van der Waals surface area (Å²) >= 11 is 1.47. The number of H-pyrrole nitrogens is 1. The van der Waals surface area contributed by atoms with Crippen LogP contribution in [-0.2, 0) is 4.79 Å². The first-order valence-corrected chi connectivity index (χ1v) is 9.72. The maximum Gasteiger partial charge on any atom is 0.330 e. The van der Waals surface area contributed by atoms with Crippen molar-refractivity contribution in [1.29, 1.82) is 0 Å². The van der Waals surface area contributed by atoms with Crippen LogP contribution in [0.3, 0.4) is 0 Å². The lowest BCUT2D eigenvalue weighted by atomic mass is 10.3. The summed E-state index contributed by atoms with van der Waals surface area (Å²) in [7, 11) is 0. The molecule has 4 rings (SSSR count). The molecule has 2 aromatic rings. The summed E-state index contributed by atoms with van der Waals surface area (Å²) in [5.74, 6) is 1.94. The Morgan fingerprint density at radius 3 is 2.64 bits per heavy atom. The second-order valence-corrected chi connectivity index (χ2v) is 7.96. The molecule has 0 aromatic carbocycles. The quantitative estimate of drug-likeness (QED) is 0.462. The molecule has 1 N–H and O–H groups in total. The Morgan fingerprint density at radius 2 is 2.00 bits per heavy atom. The van der Waals surface area contributed by atoms with Gasteiger partial charge < -0.3 is 4.79 Å². The molecule has 8 heteroatoms. The third-order valence-corrected chi connectivity index (χ3v) is 5.60. The van der Waals surface area contributed by atoms with Crippen molar-refractivity contribution in [1.82, 2.24) is 19.5 Å². The van der Waals surface area contributed by atoms with Crippen LogP contribution in [0.5, 0.6) is 0 Å². The summed E-state index contributed by atoms with van der Waals surface area (Å²) in [5.41, 5.74) is -0.330. The number of carbonyl (C=O) groups excluding carboxylic acids is 1. The molecule has 0 spiro atoms. The molecule has 2 saturated carbocycles. The van der Waals surface area contributed by atoms with E-state index < -0.39 is 5.56 Å². The van der Waals surface area contributed by atoms with Gasteiger partial charge in [-0.1, -0.05) is 0 Å². The number of carbonyl (C=O) groups is 1. The molecule has 2 aliphatic carbocycles. The third-order valence-electron chi connectivity index (χ3n) is 4.54. The van der Waals surface area contributed by atoms with E-state index in [-0.39, 0.29) is 17.5 Å². The molecule has 2 aliphatic rings. The van der Waals surface area contributed by atoms with Gasteiger partial charge in [-0.25, -0.2) is 14.8 Å². The van der Waals surface area contributed by atoms with E-state index >= 15 is 0 Å². The minimum Gasteiger partial charge on any atom is -0.300 e. The summed E-state index contributed by atoms with van der Waals surface area (Å²) in [6.45, 7) is 1.58. The molecule has 0 saturated heterocycles. The van der Waals surface area contributed by atoms with Gasteiger partial charge in [-0.15, -0.1) is 11.8 Å². The Kier molecular flexibility index (Phi) is 4.23. The Bertz CT molecular complexity index is 957. The van der Waals surface area contributed by atoms with Gasteiger partial charge in [-0.2, -0.15) is 0 Å². The van der Waals surface area contributed by atoms with Crippen molar-refractivity contribution in [2.45, 2.75) is 62.4 Å². The van der Waals surface area contributed by atoms with E-state index in [0.717, 1.165) is 37.9 Å². The van der Waals surface area contributed by atoms with Crippen LogP contribution in [0.1, 0.15) is 63.2 Å². The largest absolute Gasteiger partial charge is 0.330 e. The predicted octanol–water partition coefficient (Wildman–Crippen LogP) is 2.15. The van der Waals surface area contributed by atoms with Crippen LogP contribution >= 0.6 is 11.8 Å². The lowest BCUT2D eigenvalue weighted by Gasteiger charge is -2.11. The van der Waals surface area contributed by atoms with Crippen molar-refractivity contribution < 1.29 is 4.79 Å². The molecule has 0 aliphatic heterocycles. The zero-order valence-electron chi connectivity index (χ0n) is 14.1. The van der Waals surface area contributed by atoms with Crippen LogP contribution in [0.2, 0.25) is 0 Å². The number of fused-ring (bicyclic) bond motifs is 1. The van der Waals surface area contributed by atoms with E-state index in [9.17, 15) is 14.4 Å². The van der Waals surface area contributed by atoms with Crippen LogP contribution < -0.4 is 11.2 Å². The van der Waals surface area contributed by atoms with Crippen molar-refractivity contribution >= 4 is 28.6 Å². The highest BCUT2D eigenvalue weighted by Gasteiger charge is 2.32. The molecule has 0 unspecified atom stereocenters. The molecule has 2 heterocycles. The van der Waals surface area contributed by atoms with E-state index in [1.807, 2.05) is 0 Å². The fourth-order valence-electron chi connectivity index (χ4n) is 2.92. The van der Waals surface area contributed by atoms with Crippen molar-refractivity contribution in [2.75, 3.05) is 5.75 Å². The van der Waals surface area contributed by atoms with Crippen LogP contribution in [0.4, 0.5) is 0 Å². The summed E-state index contributed by atoms with van der Waals surface area (Å²) in [6, 6.07) is 0.129. The molecule has 132 valence electrons. The molecule has 2 fully saturated rings. The molecule has 25 heavy (non-hydrogen) atoms. The first-order valence-electron chi connectivity index (χ1n) is 8.73. The highest BCUT2D eigenvalue weighted by molar-refractivity contribution is 7.99. The van der Waals surface area contributed by atoms with Gasteiger partial charge in [0.25, 0.3) is 5.56 Å². The molecule has 0 bridgehead atoms. The number of ketones is 1. The van der Waals surface area contributed by atoms with E-state index in [0.29, 0.717) is 34.2 Å². The molecular formula is C17H20N4O3S. The number of Topliss-reactive ketones (excluding diaryl/α,β-unsaturated/α-hetero) is 1. The molecular weight excluding hydrogens is 340 g/mol. The number of thioether (sulfide) groups is 1. The number of hydrogen-bond acceptors (Lipinski definition) is 6. The molecule has 0 atom stereocenters. The monoisotopic (exact) mass is 360 g/mol. The fraction of sp³-hybridized carbons (Fsp3) is 0.588. The zero-order chi connectivity index (χ0) is 17.6. The molecule has 0 amide bonds. The predicted molar refractivity (Wildman–Crippen MR) is 95.3 cm³/mol. The van der Waals surface area contributed by atoms with E-state index in [1.54, 1.807) is 11.5 Å². The molecule has 7 nitrogen and oxygen atoms in total. The number of aromatic nitrogens is 4. The van der Waals surface area contributed by atoms with Gasteiger partial charge in [-0.05, 0) is 44.8 Å².